The smallest absolute Gasteiger partial charge is 0.248 e. The zero-order chi connectivity index (χ0) is 19.7. The molecule has 1 aromatic heterocycles. The minimum absolute atomic E-state index is 0.0151. The molecule has 6 nitrogen and oxygen atoms in total. The SMILES string of the molecule is COCC1(NC[C@H](O)c2ccc(O)c3[nH]c(=O)ccc23)Cc2ccccc2C1. The fourth-order valence-electron chi connectivity index (χ4n) is 4.22. The number of H-pyrrole nitrogens is 1. The van der Waals surface area contributed by atoms with Crippen molar-refractivity contribution in [2.45, 2.75) is 24.5 Å². The van der Waals surface area contributed by atoms with Gasteiger partial charge in [-0.2, -0.15) is 0 Å². The van der Waals surface area contributed by atoms with Gasteiger partial charge in [-0.1, -0.05) is 30.3 Å². The molecule has 0 bridgehead atoms. The molecule has 3 aromatic rings. The van der Waals surface area contributed by atoms with E-state index in [1.807, 2.05) is 12.1 Å². The number of β-amino-alcohol motifs (C(OH)–C–C–N with tert-alkyl or cyclic N) is 1. The monoisotopic (exact) mass is 380 g/mol. The zero-order valence-corrected chi connectivity index (χ0v) is 15.7. The molecule has 1 atom stereocenters. The van der Waals surface area contributed by atoms with Gasteiger partial charge in [0.05, 0.1) is 18.2 Å². The summed E-state index contributed by atoms with van der Waals surface area (Å²) in [6.07, 6.45) is 0.882. The largest absolute Gasteiger partial charge is 0.506 e. The summed E-state index contributed by atoms with van der Waals surface area (Å²) in [7, 11) is 1.69. The van der Waals surface area contributed by atoms with Crippen LogP contribution in [-0.4, -0.2) is 41.0 Å². The number of phenolic OH excluding ortho intramolecular Hbond substituents is 1. The summed E-state index contributed by atoms with van der Waals surface area (Å²) >= 11 is 0. The van der Waals surface area contributed by atoms with Crippen LogP contribution in [0.2, 0.25) is 0 Å². The topological polar surface area (TPSA) is 94.6 Å². The van der Waals surface area contributed by atoms with Gasteiger partial charge < -0.3 is 25.3 Å². The van der Waals surface area contributed by atoms with Crippen LogP contribution in [0.3, 0.4) is 0 Å². The Kier molecular flexibility index (Phi) is 4.93. The molecule has 2 aromatic carbocycles. The van der Waals surface area contributed by atoms with Crippen LogP contribution in [0.25, 0.3) is 10.9 Å². The highest BCUT2D eigenvalue weighted by Gasteiger charge is 2.37. The first-order valence-electron chi connectivity index (χ1n) is 9.35. The van der Waals surface area contributed by atoms with E-state index in [4.69, 9.17) is 4.74 Å². The van der Waals surface area contributed by atoms with Crippen molar-refractivity contribution in [1.82, 2.24) is 10.3 Å². The predicted octanol–water partition coefficient (Wildman–Crippen LogP) is 2.04. The molecule has 28 heavy (non-hydrogen) atoms. The maximum atomic E-state index is 11.6. The number of aliphatic hydroxyl groups excluding tert-OH is 1. The molecule has 0 fully saturated rings. The van der Waals surface area contributed by atoms with Crippen LogP contribution in [0.15, 0.2) is 53.3 Å². The lowest BCUT2D eigenvalue weighted by molar-refractivity contribution is 0.0949. The highest BCUT2D eigenvalue weighted by atomic mass is 16.5. The van der Waals surface area contributed by atoms with Crippen LogP contribution in [0.1, 0.15) is 22.8 Å². The van der Waals surface area contributed by atoms with Crippen LogP contribution in [0, 0.1) is 0 Å². The third-order valence-corrected chi connectivity index (χ3v) is 5.53. The summed E-state index contributed by atoms with van der Waals surface area (Å²) in [4.78, 5) is 14.2. The predicted molar refractivity (Wildman–Crippen MR) is 108 cm³/mol. The van der Waals surface area contributed by atoms with E-state index in [-0.39, 0.29) is 16.8 Å². The van der Waals surface area contributed by atoms with Crippen LogP contribution in [0.5, 0.6) is 5.75 Å². The van der Waals surface area contributed by atoms with E-state index in [0.717, 1.165) is 12.8 Å². The fraction of sp³-hybridized carbons (Fsp3) is 0.318. The van der Waals surface area contributed by atoms with Crippen molar-refractivity contribution in [3.8, 4) is 5.75 Å². The number of hydrogen-bond acceptors (Lipinski definition) is 5. The number of fused-ring (bicyclic) bond motifs is 2. The first-order valence-corrected chi connectivity index (χ1v) is 9.35. The number of methoxy groups -OCH3 is 1. The molecule has 4 N–H and O–H groups in total. The normalized spacial score (nSPS) is 16.2. The Balaban J connectivity index is 1.57. The Morgan fingerprint density at radius 1 is 1.14 bits per heavy atom. The van der Waals surface area contributed by atoms with Gasteiger partial charge in [-0.25, -0.2) is 0 Å². The highest BCUT2D eigenvalue weighted by molar-refractivity contribution is 5.87. The van der Waals surface area contributed by atoms with Gasteiger partial charge in [-0.3, -0.25) is 4.79 Å². The van der Waals surface area contributed by atoms with E-state index in [2.05, 4.69) is 22.4 Å². The molecule has 1 aliphatic rings. The number of aromatic amines is 1. The van der Waals surface area contributed by atoms with Crippen LogP contribution in [-0.2, 0) is 17.6 Å². The highest BCUT2D eigenvalue weighted by Crippen LogP contribution is 2.32. The second kappa shape index (κ2) is 7.39. The maximum absolute atomic E-state index is 11.6. The van der Waals surface area contributed by atoms with Gasteiger partial charge in [0, 0.05) is 30.6 Å². The average molecular weight is 380 g/mol. The number of benzene rings is 2. The van der Waals surface area contributed by atoms with E-state index in [1.54, 1.807) is 19.2 Å². The standard InChI is InChI=1S/C22H24N2O4/c1-28-13-22(10-14-4-2-3-5-15(14)11-22)23-12-19(26)16-6-8-18(25)21-17(16)7-9-20(27)24-21/h2-9,19,23,25-26H,10-13H2,1H3,(H,24,27)/t19-/m0/s1. The van der Waals surface area contributed by atoms with Crippen LogP contribution < -0.4 is 10.9 Å². The van der Waals surface area contributed by atoms with Crippen molar-refractivity contribution in [3.05, 3.63) is 75.6 Å². The molecule has 0 aliphatic heterocycles. The number of aromatic hydroxyl groups is 1. The number of rotatable bonds is 6. The van der Waals surface area contributed by atoms with E-state index >= 15 is 0 Å². The molecule has 1 aliphatic carbocycles. The molecular weight excluding hydrogens is 356 g/mol. The van der Waals surface area contributed by atoms with Crippen LogP contribution in [0.4, 0.5) is 0 Å². The molecule has 146 valence electrons. The number of aliphatic hydroxyl groups is 1. The van der Waals surface area contributed by atoms with E-state index in [1.165, 1.54) is 23.3 Å². The van der Waals surface area contributed by atoms with Crippen molar-refractivity contribution >= 4 is 10.9 Å². The third-order valence-electron chi connectivity index (χ3n) is 5.53. The molecule has 0 unspecified atom stereocenters. The number of ether oxygens (including phenoxy) is 1. The lowest BCUT2D eigenvalue weighted by Gasteiger charge is -2.31. The Morgan fingerprint density at radius 2 is 1.86 bits per heavy atom. The molecule has 1 heterocycles. The van der Waals surface area contributed by atoms with Gasteiger partial charge in [-0.15, -0.1) is 0 Å². The number of phenols is 1. The molecule has 6 heteroatoms. The summed E-state index contributed by atoms with van der Waals surface area (Å²) in [5.74, 6) is -0.0151. The van der Waals surface area contributed by atoms with Crippen molar-refractivity contribution in [1.29, 1.82) is 0 Å². The minimum atomic E-state index is -0.800. The van der Waals surface area contributed by atoms with Gasteiger partial charge in [0.2, 0.25) is 5.56 Å². The quantitative estimate of drug-likeness (QED) is 0.525. The molecule has 0 spiro atoms. The second-order valence-electron chi connectivity index (χ2n) is 7.52. The summed E-state index contributed by atoms with van der Waals surface area (Å²) < 4.78 is 5.48. The van der Waals surface area contributed by atoms with Gasteiger partial charge >= 0.3 is 0 Å². The molecule has 0 radical (unpaired) electrons. The zero-order valence-electron chi connectivity index (χ0n) is 15.7. The van der Waals surface area contributed by atoms with E-state index in [0.29, 0.717) is 29.6 Å². The van der Waals surface area contributed by atoms with E-state index < -0.39 is 6.10 Å². The summed E-state index contributed by atoms with van der Waals surface area (Å²) in [5.41, 5.74) is 3.03. The van der Waals surface area contributed by atoms with E-state index in [9.17, 15) is 15.0 Å². The van der Waals surface area contributed by atoms with Gasteiger partial charge in [-0.05, 0) is 41.7 Å². The third kappa shape index (κ3) is 3.42. The molecule has 0 saturated carbocycles. The average Bonchev–Trinajstić information content (AvgIpc) is 3.05. The summed E-state index contributed by atoms with van der Waals surface area (Å²) in [5, 5.41) is 25.0. The Hall–Kier alpha value is -2.67. The Labute approximate surface area is 162 Å². The summed E-state index contributed by atoms with van der Waals surface area (Å²) in [6.45, 7) is 0.869. The summed E-state index contributed by atoms with van der Waals surface area (Å²) in [6, 6.07) is 14.6. The molecule has 0 saturated heterocycles. The number of pyridine rings is 1. The van der Waals surface area contributed by atoms with Gasteiger partial charge in [0.1, 0.15) is 5.75 Å². The molecular formula is C22H24N2O4. The first-order chi connectivity index (χ1) is 13.5. The fourth-order valence-corrected chi connectivity index (χ4v) is 4.22. The first kappa shape index (κ1) is 18.7. The van der Waals surface area contributed by atoms with Crippen LogP contribution >= 0.6 is 0 Å². The van der Waals surface area contributed by atoms with Crippen molar-refractivity contribution in [3.63, 3.8) is 0 Å². The van der Waals surface area contributed by atoms with Gasteiger partial charge in [0.25, 0.3) is 0 Å². The number of nitrogens with one attached hydrogen (secondary N) is 2. The molecule has 0 amide bonds. The minimum Gasteiger partial charge on any atom is -0.506 e. The van der Waals surface area contributed by atoms with Crippen molar-refractivity contribution in [2.75, 3.05) is 20.3 Å². The number of hydrogen-bond donors (Lipinski definition) is 4. The van der Waals surface area contributed by atoms with Crippen molar-refractivity contribution in [2.24, 2.45) is 0 Å². The number of aromatic nitrogens is 1. The molecule has 4 rings (SSSR count). The lowest BCUT2D eigenvalue weighted by atomic mass is 9.95. The second-order valence-corrected chi connectivity index (χ2v) is 7.52. The van der Waals surface area contributed by atoms with Crippen molar-refractivity contribution < 1.29 is 14.9 Å². The lowest BCUT2D eigenvalue weighted by Crippen LogP contribution is -2.51. The maximum Gasteiger partial charge on any atom is 0.248 e. The Morgan fingerprint density at radius 3 is 2.54 bits per heavy atom. The Bertz CT molecular complexity index is 1030. The van der Waals surface area contributed by atoms with Gasteiger partial charge in [0.15, 0.2) is 0 Å².